The van der Waals surface area contributed by atoms with Crippen molar-refractivity contribution >= 4 is 32.9 Å². The van der Waals surface area contributed by atoms with Crippen LogP contribution < -0.4 is 4.90 Å². The van der Waals surface area contributed by atoms with Crippen LogP contribution in [0.3, 0.4) is 0 Å². The van der Waals surface area contributed by atoms with Gasteiger partial charge in [0.2, 0.25) is 4.73 Å². The molecule has 3 heterocycles. The van der Waals surface area contributed by atoms with Crippen molar-refractivity contribution in [3.8, 4) is 0 Å². The van der Waals surface area contributed by atoms with Gasteiger partial charge in [-0.3, -0.25) is 4.57 Å². The molecule has 1 aliphatic heterocycles. The van der Waals surface area contributed by atoms with E-state index in [2.05, 4.69) is 30.9 Å². The minimum atomic E-state index is -0.698. The van der Waals surface area contributed by atoms with Gasteiger partial charge in [0.15, 0.2) is 17.0 Å². The first-order chi connectivity index (χ1) is 10.0. The molecule has 0 bridgehead atoms. The molecule has 1 aliphatic rings. The highest BCUT2D eigenvalue weighted by molar-refractivity contribution is 9.10. The summed E-state index contributed by atoms with van der Waals surface area (Å²) in [5.74, 6) is 0.697. The average molecular weight is 358 g/mol. The summed E-state index contributed by atoms with van der Waals surface area (Å²) in [6.07, 6.45) is 0.326. The lowest BCUT2D eigenvalue weighted by Gasteiger charge is -2.15. The van der Waals surface area contributed by atoms with Gasteiger partial charge < -0.3 is 19.8 Å². The molecule has 1 saturated heterocycles. The van der Waals surface area contributed by atoms with Crippen LogP contribution in [0, 0.1) is 0 Å². The van der Waals surface area contributed by atoms with E-state index < -0.39 is 18.4 Å². The maximum absolute atomic E-state index is 9.86. The van der Waals surface area contributed by atoms with E-state index in [0.717, 1.165) is 0 Å². The Hall–Kier alpha value is -1.29. The third kappa shape index (κ3) is 2.50. The van der Waals surface area contributed by atoms with E-state index in [9.17, 15) is 10.2 Å². The summed E-state index contributed by atoms with van der Waals surface area (Å²) in [7, 11) is 3.76. The molecular formula is C12H16BrN5O3. The quantitative estimate of drug-likeness (QED) is 0.762. The first-order valence-corrected chi connectivity index (χ1v) is 7.32. The van der Waals surface area contributed by atoms with Crippen LogP contribution in [-0.2, 0) is 4.74 Å². The summed E-state index contributed by atoms with van der Waals surface area (Å²) in [6.45, 7) is -0.216. The molecular weight excluding hydrogens is 342 g/mol. The number of hydrogen-bond donors (Lipinski definition) is 2. The highest BCUT2D eigenvalue weighted by Gasteiger charge is 2.35. The molecule has 2 N–H and O–H groups in total. The van der Waals surface area contributed by atoms with Gasteiger partial charge in [0.05, 0.1) is 19.0 Å². The Morgan fingerprint density at radius 1 is 1.48 bits per heavy atom. The van der Waals surface area contributed by atoms with Crippen LogP contribution in [-0.4, -0.2) is 62.6 Å². The molecule has 0 aromatic carbocycles. The summed E-state index contributed by atoms with van der Waals surface area (Å²) < 4.78 is 7.86. The second-order valence-corrected chi connectivity index (χ2v) is 5.86. The zero-order valence-corrected chi connectivity index (χ0v) is 13.2. The molecule has 0 saturated carbocycles. The van der Waals surface area contributed by atoms with Crippen molar-refractivity contribution in [3.63, 3.8) is 0 Å². The summed E-state index contributed by atoms with van der Waals surface area (Å²) in [6, 6.07) is 0. The molecule has 114 valence electrons. The van der Waals surface area contributed by atoms with Crippen molar-refractivity contribution in [2.24, 2.45) is 0 Å². The number of hydrogen-bond acceptors (Lipinski definition) is 7. The van der Waals surface area contributed by atoms with Crippen molar-refractivity contribution < 1.29 is 14.9 Å². The Balaban J connectivity index is 2.05. The largest absolute Gasteiger partial charge is 0.394 e. The first-order valence-electron chi connectivity index (χ1n) is 6.53. The van der Waals surface area contributed by atoms with Gasteiger partial charge in [0.1, 0.15) is 12.3 Å². The van der Waals surface area contributed by atoms with Gasteiger partial charge in [-0.1, -0.05) is 0 Å². The molecule has 0 spiro atoms. The van der Waals surface area contributed by atoms with Gasteiger partial charge in [0, 0.05) is 20.5 Å². The van der Waals surface area contributed by atoms with Crippen molar-refractivity contribution in [3.05, 3.63) is 11.1 Å². The highest BCUT2D eigenvalue weighted by atomic mass is 79.9. The third-order valence-corrected chi connectivity index (χ3v) is 3.85. The van der Waals surface area contributed by atoms with Crippen molar-refractivity contribution in [1.29, 1.82) is 0 Å². The number of rotatable bonds is 3. The minimum absolute atomic E-state index is 0.216. The first kappa shape index (κ1) is 14.6. The SMILES string of the molecule is CN(C)c1nc(Br)nc2c1ncn2[C@@H]1C[C@@H](O)[C@H](CO)O1. The van der Waals surface area contributed by atoms with Gasteiger partial charge >= 0.3 is 0 Å². The van der Waals surface area contributed by atoms with Crippen LogP contribution in [0.25, 0.3) is 11.2 Å². The zero-order chi connectivity index (χ0) is 15.1. The lowest BCUT2D eigenvalue weighted by Crippen LogP contribution is -2.24. The Bertz CT molecular complexity index is 662. The smallest absolute Gasteiger partial charge is 0.200 e. The molecule has 0 radical (unpaired) electrons. The number of nitrogens with zero attached hydrogens (tertiary/aromatic N) is 5. The van der Waals surface area contributed by atoms with E-state index in [1.54, 1.807) is 10.9 Å². The third-order valence-electron chi connectivity index (χ3n) is 3.49. The van der Waals surface area contributed by atoms with Crippen molar-refractivity contribution in [1.82, 2.24) is 19.5 Å². The number of anilines is 1. The standard InChI is InChI=1S/C12H16BrN5O3/c1-17(2)10-9-11(16-12(13)15-10)18(5-14-9)8-3-6(20)7(4-19)21-8/h5-8,19-20H,3-4H2,1-2H3/t6-,7+,8+/m1/s1. The molecule has 0 aliphatic carbocycles. The zero-order valence-electron chi connectivity index (χ0n) is 11.6. The maximum Gasteiger partial charge on any atom is 0.200 e. The summed E-state index contributed by atoms with van der Waals surface area (Å²) in [5.41, 5.74) is 1.28. The topological polar surface area (TPSA) is 96.5 Å². The molecule has 0 amide bonds. The van der Waals surface area contributed by atoms with Gasteiger partial charge in [-0.15, -0.1) is 0 Å². The summed E-state index contributed by atoms with van der Waals surface area (Å²) in [4.78, 5) is 14.9. The maximum atomic E-state index is 9.86. The molecule has 8 nitrogen and oxygen atoms in total. The number of halogens is 1. The van der Waals surface area contributed by atoms with Crippen LogP contribution in [0.5, 0.6) is 0 Å². The van der Waals surface area contributed by atoms with Gasteiger partial charge in [-0.05, 0) is 15.9 Å². The summed E-state index contributed by atoms with van der Waals surface area (Å²) in [5, 5.41) is 19.0. The van der Waals surface area contributed by atoms with Crippen LogP contribution in [0.2, 0.25) is 0 Å². The van der Waals surface area contributed by atoms with Gasteiger partial charge in [-0.25, -0.2) is 15.0 Å². The van der Waals surface area contributed by atoms with E-state index >= 15 is 0 Å². The Morgan fingerprint density at radius 3 is 2.86 bits per heavy atom. The number of aliphatic hydroxyl groups is 2. The number of imidazole rings is 1. The molecule has 3 atom stereocenters. The van der Waals surface area contributed by atoms with Gasteiger partial charge in [-0.2, -0.15) is 0 Å². The predicted octanol–water partition coefficient (Wildman–Crippen LogP) is 0.295. The number of aromatic nitrogens is 4. The van der Waals surface area contributed by atoms with E-state index in [4.69, 9.17) is 4.74 Å². The molecule has 2 aromatic heterocycles. The normalized spacial score (nSPS) is 25.7. The molecule has 3 rings (SSSR count). The number of aliphatic hydroxyl groups excluding tert-OH is 2. The minimum Gasteiger partial charge on any atom is -0.394 e. The van der Waals surface area contributed by atoms with E-state index in [1.807, 2.05) is 19.0 Å². The monoisotopic (exact) mass is 357 g/mol. The fourth-order valence-electron chi connectivity index (χ4n) is 2.45. The Morgan fingerprint density at radius 2 is 2.24 bits per heavy atom. The second kappa shape index (κ2) is 5.48. The highest BCUT2D eigenvalue weighted by Crippen LogP contribution is 2.32. The van der Waals surface area contributed by atoms with Crippen LogP contribution >= 0.6 is 15.9 Å². The molecule has 9 heteroatoms. The Kier molecular flexibility index (Phi) is 3.82. The molecule has 2 aromatic rings. The van der Waals surface area contributed by atoms with Crippen molar-refractivity contribution in [2.75, 3.05) is 25.6 Å². The van der Waals surface area contributed by atoms with Crippen LogP contribution in [0.1, 0.15) is 12.6 Å². The van der Waals surface area contributed by atoms with E-state index in [0.29, 0.717) is 28.1 Å². The fraction of sp³-hybridized carbons (Fsp3) is 0.583. The van der Waals surface area contributed by atoms with Crippen LogP contribution in [0.4, 0.5) is 5.82 Å². The number of ether oxygens (including phenoxy) is 1. The Labute approximate surface area is 129 Å². The van der Waals surface area contributed by atoms with Crippen LogP contribution in [0.15, 0.2) is 11.1 Å². The lowest BCUT2D eigenvalue weighted by atomic mass is 10.2. The number of fused-ring (bicyclic) bond motifs is 1. The van der Waals surface area contributed by atoms with E-state index in [-0.39, 0.29) is 6.61 Å². The molecule has 0 unspecified atom stereocenters. The lowest BCUT2D eigenvalue weighted by molar-refractivity contribution is -0.0432. The molecule has 1 fully saturated rings. The van der Waals surface area contributed by atoms with Gasteiger partial charge in [0.25, 0.3) is 0 Å². The molecule has 21 heavy (non-hydrogen) atoms. The van der Waals surface area contributed by atoms with E-state index in [1.165, 1.54) is 0 Å². The second-order valence-electron chi connectivity index (χ2n) is 5.15. The van der Waals surface area contributed by atoms with Crippen molar-refractivity contribution in [2.45, 2.75) is 24.9 Å². The fourth-order valence-corrected chi connectivity index (χ4v) is 2.78. The average Bonchev–Trinajstić information content (AvgIpc) is 3.00. The predicted molar refractivity (Wildman–Crippen MR) is 79.0 cm³/mol. The summed E-state index contributed by atoms with van der Waals surface area (Å²) >= 11 is 3.30.